The normalized spacial score (nSPS) is 29.8. The van der Waals surface area contributed by atoms with Crippen LogP contribution in [0.4, 0.5) is 13.2 Å². The zero-order valence-corrected chi connectivity index (χ0v) is 14.4. The lowest BCUT2D eigenvalue weighted by Gasteiger charge is -2.28. The lowest BCUT2D eigenvalue weighted by Crippen LogP contribution is -2.41. The number of nitrogens with one attached hydrogen (secondary N) is 1. The molecule has 1 aromatic rings. The molecular formula is C18H24F3N3O. The van der Waals surface area contributed by atoms with E-state index in [2.05, 4.69) is 10.4 Å². The second kappa shape index (κ2) is 6.02. The van der Waals surface area contributed by atoms with Crippen LogP contribution in [0.15, 0.2) is 6.07 Å². The first-order valence-electron chi connectivity index (χ1n) is 9.25. The summed E-state index contributed by atoms with van der Waals surface area (Å²) in [6, 6.07) is 1.18. The highest BCUT2D eigenvalue weighted by Crippen LogP contribution is 2.49. The second-order valence-corrected chi connectivity index (χ2v) is 8.08. The van der Waals surface area contributed by atoms with Gasteiger partial charge >= 0.3 is 6.18 Å². The fourth-order valence-electron chi connectivity index (χ4n) is 4.85. The van der Waals surface area contributed by atoms with Crippen molar-refractivity contribution in [3.8, 4) is 0 Å². The van der Waals surface area contributed by atoms with Gasteiger partial charge in [-0.2, -0.15) is 18.3 Å². The Morgan fingerprint density at radius 2 is 2.08 bits per heavy atom. The summed E-state index contributed by atoms with van der Waals surface area (Å²) in [7, 11) is 0. The highest BCUT2D eigenvalue weighted by Gasteiger charge is 2.42. The van der Waals surface area contributed by atoms with Crippen molar-refractivity contribution in [2.24, 2.45) is 17.8 Å². The van der Waals surface area contributed by atoms with Gasteiger partial charge in [-0.1, -0.05) is 6.42 Å². The summed E-state index contributed by atoms with van der Waals surface area (Å²) < 4.78 is 40.0. The standard InChI is InChI=1S/C18H24F3N3O/c1-10(14-7-11-2-3-13(14)6-11)22-17(25)9-24-15(12-4-5-12)8-16(23-24)18(19,20)21/h8,10-14H,2-7,9H2,1H3,(H,22,25)/t10-,11-,13-,14+/m1/s1. The summed E-state index contributed by atoms with van der Waals surface area (Å²) in [5.41, 5.74) is -0.363. The van der Waals surface area contributed by atoms with E-state index in [-0.39, 0.29) is 24.4 Å². The van der Waals surface area contributed by atoms with Gasteiger partial charge in [-0.3, -0.25) is 9.48 Å². The number of aromatic nitrogens is 2. The van der Waals surface area contributed by atoms with Crippen LogP contribution in [-0.4, -0.2) is 21.7 Å². The topological polar surface area (TPSA) is 46.9 Å². The zero-order valence-electron chi connectivity index (χ0n) is 14.4. The van der Waals surface area contributed by atoms with E-state index in [1.165, 1.54) is 30.4 Å². The molecule has 0 spiro atoms. The molecule has 1 heterocycles. The average molecular weight is 355 g/mol. The summed E-state index contributed by atoms with van der Waals surface area (Å²) in [4.78, 5) is 12.4. The summed E-state index contributed by atoms with van der Waals surface area (Å²) in [6.07, 6.45) is 2.25. The minimum Gasteiger partial charge on any atom is -0.352 e. The van der Waals surface area contributed by atoms with Crippen LogP contribution >= 0.6 is 0 Å². The first-order chi connectivity index (χ1) is 11.8. The number of fused-ring (bicyclic) bond motifs is 2. The Labute approximate surface area is 145 Å². The smallest absolute Gasteiger partial charge is 0.352 e. The highest BCUT2D eigenvalue weighted by atomic mass is 19.4. The molecule has 1 N–H and O–H groups in total. The highest BCUT2D eigenvalue weighted by molar-refractivity contribution is 5.76. The monoisotopic (exact) mass is 355 g/mol. The third-order valence-corrected chi connectivity index (χ3v) is 6.21. The average Bonchev–Trinajstić information content (AvgIpc) is 2.96. The molecule has 1 amide bonds. The van der Waals surface area contributed by atoms with Crippen molar-refractivity contribution in [3.63, 3.8) is 0 Å². The maximum atomic E-state index is 12.9. The summed E-state index contributed by atoms with van der Waals surface area (Å²) in [5, 5.41) is 6.67. The van der Waals surface area contributed by atoms with Gasteiger partial charge in [0, 0.05) is 17.7 Å². The van der Waals surface area contributed by atoms with Crippen molar-refractivity contribution >= 4 is 5.91 Å². The van der Waals surface area contributed by atoms with Crippen LogP contribution in [0.25, 0.3) is 0 Å². The molecule has 2 bridgehead atoms. The van der Waals surface area contributed by atoms with Gasteiger partial charge in [0.2, 0.25) is 5.91 Å². The Balaban J connectivity index is 1.41. The van der Waals surface area contributed by atoms with E-state index in [9.17, 15) is 18.0 Å². The van der Waals surface area contributed by atoms with Crippen LogP contribution < -0.4 is 5.32 Å². The number of carbonyl (C=O) groups excluding carboxylic acids is 1. The SMILES string of the molecule is C[C@@H](NC(=O)Cn1nc(C(F)(F)F)cc1C1CC1)[C@@H]1C[C@@H]2CC[C@@H]1C2. The molecule has 3 aliphatic rings. The van der Waals surface area contributed by atoms with Crippen LogP contribution in [0.2, 0.25) is 0 Å². The minimum atomic E-state index is -4.47. The molecule has 25 heavy (non-hydrogen) atoms. The van der Waals surface area contributed by atoms with Gasteiger partial charge < -0.3 is 5.32 Å². The number of hydrogen-bond donors (Lipinski definition) is 1. The number of nitrogens with zero attached hydrogens (tertiary/aromatic N) is 2. The van der Waals surface area contributed by atoms with Gasteiger partial charge in [0.1, 0.15) is 6.54 Å². The molecule has 4 nitrogen and oxygen atoms in total. The minimum absolute atomic E-state index is 0.0739. The van der Waals surface area contributed by atoms with Crippen LogP contribution in [0.1, 0.15) is 62.8 Å². The first-order valence-corrected chi connectivity index (χ1v) is 9.25. The fourth-order valence-corrected chi connectivity index (χ4v) is 4.85. The zero-order chi connectivity index (χ0) is 17.8. The number of rotatable bonds is 5. The Bertz CT molecular complexity index is 665. The van der Waals surface area contributed by atoms with E-state index in [1.807, 2.05) is 6.92 Å². The van der Waals surface area contributed by atoms with Crippen molar-refractivity contribution in [2.45, 2.75) is 70.1 Å². The van der Waals surface area contributed by atoms with Crippen LogP contribution in [-0.2, 0) is 17.5 Å². The lowest BCUT2D eigenvalue weighted by atomic mass is 9.84. The molecule has 138 valence electrons. The van der Waals surface area contributed by atoms with Crippen LogP contribution in [0.3, 0.4) is 0 Å². The van der Waals surface area contributed by atoms with Crippen molar-refractivity contribution in [1.82, 2.24) is 15.1 Å². The van der Waals surface area contributed by atoms with Gasteiger partial charge in [0.15, 0.2) is 5.69 Å². The number of hydrogen-bond acceptors (Lipinski definition) is 2. The van der Waals surface area contributed by atoms with E-state index in [1.54, 1.807) is 0 Å². The van der Waals surface area contributed by atoms with E-state index < -0.39 is 11.9 Å². The molecule has 0 aliphatic heterocycles. The van der Waals surface area contributed by atoms with Crippen LogP contribution in [0.5, 0.6) is 0 Å². The Morgan fingerprint density at radius 1 is 1.32 bits per heavy atom. The Kier molecular flexibility index (Phi) is 4.07. The van der Waals surface area contributed by atoms with Crippen molar-refractivity contribution < 1.29 is 18.0 Å². The van der Waals surface area contributed by atoms with Crippen LogP contribution in [0, 0.1) is 17.8 Å². The molecular weight excluding hydrogens is 331 g/mol. The van der Waals surface area contributed by atoms with E-state index in [0.717, 1.165) is 24.8 Å². The quantitative estimate of drug-likeness (QED) is 0.875. The fraction of sp³-hybridized carbons (Fsp3) is 0.778. The second-order valence-electron chi connectivity index (χ2n) is 8.08. The van der Waals surface area contributed by atoms with Gasteiger partial charge in [-0.15, -0.1) is 0 Å². The van der Waals surface area contributed by atoms with E-state index in [4.69, 9.17) is 0 Å². The van der Waals surface area contributed by atoms with E-state index >= 15 is 0 Å². The van der Waals surface area contributed by atoms with E-state index in [0.29, 0.717) is 17.5 Å². The maximum absolute atomic E-state index is 12.9. The summed E-state index contributed by atoms with van der Waals surface area (Å²) in [5.74, 6) is 1.88. The molecule has 4 atom stereocenters. The van der Waals surface area contributed by atoms with Gasteiger partial charge in [0.05, 0.1) is 0 Å². The number of carbonyl (C=O) groups is 1. The predicted octanol–water partition coefficient (Wildman–Crippen LogP) is 3.72. The van der Waals surface area contributed by atoms with Crippen molar-refractivity contribution in [1.29, 1.82) is 0 Å². The molecule has 0 radical (unpaired) electrons. The third-order valence-electron chi connectivity index (χ3n) is 6.21. The van der Waals surface area contributed by atoms with Gasteiger partial charge in [-0.25, -0.2) is 0 Å². The molecule has 0 saturated heterocycles. The summed E-state index contributed by atoms with van der Waals surface area (Å²) in [6.45, 7) is 1.89. The molecule has 0 unspecified atom stereocenters. The van der Waals surface area contributed by atoms with Gasteiger partial charge in [-0.05, 0) is 62.8 Å². The number of amides is 1. The largest absolute Gasteiger partial charge is 0.435 e. The molecule has 3 saturated carbocycles. The summed E-state index contributed by atoms with van der Waals surface area (Å²) >= 11 is 0. The third kappa shape index (κ3) is 3.42. The van der Waals surface area contributed by atoms with Crippen molar-refractivity contribution in [3.05, 3.63) is 17.5 Å². The van der Waals surface area contributed by atoms with Crippen molar-refractivity contribution in [2.75, 3.05) is 0 Å². The Morgan fingerprint density at radius 3 is 2.64 bits per heavy atom. The molecule has 7 heteroatoms. The van der Waals surface area contributed by atoms with Gasteiger partial charge in [0.25, 0.3) is 0 Å². The predicted molar refractivity (Wildman–Crippen MR) is 85.7 cm³/mol. The molecule has 3 aliphatic carbocycles. The number of alkyl halides is 3. The molecule has 4 rings (SSSR count). The molecule has 3 fully saturated rings. The first kappa shape index (κ1) is 16.9. The number of halogens is 3. The molecule has 1 aromatic heterocycles. The Hall–Kier alpha value is -1.53. The molecule has 0 aromatic carbocycles. The lowest BCUT2D eigenvalue weighted by molar-refractivity contribution is -0.141. The maximum Gasteiger partial charge on any atom is 0.435 e.